The average Bonchev–Trinajstić information content (AvgIpc) is 2.42. The largest absolute Gasteiger partial charge is 0.444 e. The number of ether oxygens (including phenoxy) is 1. The summed E-state index contributed by atoms with van der Waals surface area (Å²) >= 11 is 0. The summed E-state index contributed by atoms with van der Waals surface area (Å²) in [6, 6.07) is 9.79. The standard InChI is InChI=1S/C15H19NO3/c1-4-12(17)19-10-16-13(15(2,3)14(16)18)11-8-6-5-7-9-11/h5-9,13H,4,10H2,1-3H3. The maximum atomic E-state index is 12.1. The van der Waals surface area contributed by atoms with Crippen molar-refractivity contribution >= 4 is 11.9 Å². The van der Waals surface area contributed by atoms with E-state index in [0.717, 1.165) is 5.56 Å². The lowest BCUT2D eigenvalue weighted by molar-refractivity contribution is -0.184. The molecule has 4 nitrogen and oxygen atoms in total. The number of likely N-dealkylation sites (tertiary alicyclic amines) is 1. The third kappa shape index (κ3) is 2.35. The van der Waals surface area contributed by atoms with Gasteiger partial charge in [-0.1, -0.05) is 37.3 Å². The number of benzene rings is 1. The average molecular weight is 261 g/mol. The number of rotatable bonds is 4. The summed E-state index contributed by atoms with van der Waals surface area (Å²) < 4.78 is 5.08. The molecule has 1 fully saturated rings. The van der Waals surface area contributed by atoms with Crippen LogP contribution in [-0.2, 0) is 14.3 Å². The molecule has 2 rings (SSSR count). The van der Waals surface area contributed by atoms with Gasteiger partial charge in [-0.25, -0.2) is 0 Å². The lowest BCUT2D eigenvalue weighted by atomic mass is 9.71. The molecule has 0 N–H and O–H groups in total. The van der Waals surface area contributed by atoms with Crippen LogP contribution in [-0.4, -0.2) is 23.5 Å². The Labute approximate surface area is 113 Å². The van der Waals surface area contributed by atoms with E-state index in [-0.39, 0.29) is 24.6 Å². The Morgan fingerprint density at radius 2 is 1.95 bits per heavy atom. The second-order valence-electron chi connectivity index (χ2n) is 5.31. The number of esters is 1. The first-order valence-corrected chi connectivity index (χ1v) is 6.50. The van der Waals surface area contributed by atoms with Crippen LogP contribution in [0.3, 0.4) is 0 Å². The van der Waals surface area contributed by atoms with Gasteiger partial charge in [-0.05, 0) is 19.4 Å². The topological polar surface area (TPSA) is 46.6 Å². The first-order chi connectivity index (χ1) is 8.98. The van der Waals surface area contributed by atoms with E-state index in [1.165, 1.54) is 0 Å². The molecule has 102 valence electrons. The van der Waals surface area contributed by atoms with Crippen molar-refractivity contribution in [1.29, 1.82) is 0 Å². The number of amides is 1. The molecule has 0 aliphatic carbocycles. The second-order valence-corrected chi connectivity index (χ2v) is 5.31. The summed E-state index contributed by atoms with van der Waals surface area (Å²) in [5.74, 6) is -0.269. The molecule has 1 atom stereocenters. The highest BCUT2D eigenvalue weighted by molar-refractivity contribution is 5.90. The van der Waals surface area contributed by atoms with Gasteiger partial charge in [0.15, 0.2) is 6.73 Å². The zero-order valence-electron chi connectivity index (χ0n) is 11.6. The predicted molar refractivity (Wildman–Crippen MR) is 71.1 cm³/mol. The van der Waals surface area contributed by atoms with Crippen LogP contribution in [0, 0.1) is 5.41 Å². The quantitative estimate of drug-likeness (QED) is 0.618. The minimum atomic E-state index is -0.444. The predicted octanol–water partition coefficient (Wildman–Crippen LogP) is 2.51. The summed E-state index contributed by atoms with van der Waals surface area (Å²) in [6.07, 6.45) is 0.321. The van der Waals surface area contributed by atoms with E-state index in [1.807, 2.05) is 44.2 Å². The van der Waals surface area contributed by atoms with Gasteiger partial charge in [0, 0.05) is 6.42 Å². The number of carbonyl (C=O) groups excluding carboxylic acids is 2. The Hall–Kier alpha value is -1.84. The molecule has 19 heavy (non-hydrogen) atoms. The van der Waals surface area contributed by atoms with E-state index in [9.17, 15) is 9.59 Å². The fraction of sp³-hybridized carbons (Fsp3) is 0.467. The van der Waals surface area contributed by atoms with Crippen molar-refractivity contribution in [3.05, 3.63) is 35.9 Å². The van der Waals surface area contributed by atoms with Gasteiger partial charge in [0.2, 0.25) is 5.91 Å². The number of hydrogen-bond donors (Lipinski definition) is 0. The van der Waals surface area contributed by atoms with Gasteiger partial charge in [-0.15, -0.1) is 0 Å². The van der Waals surface area contributed by atoms with Crippen LogP contribution in [0.15, 0.2) is 30.3 Å². The molecule has 1 heterocycles. The zero-order chi connectivity index (χ0) is 14.0. The fourth-order valence-corrected chi connectivity index (χ4v) is 2.54. The molecule has 1 aromatic rings. The minimum absolute atomic E-state index is 0.0188. The highest BCUT2D eigenvalue weighted by Crippen LogP contribution is 2.49. The van der Waals surface area contributed by atoms with E-state index in [1.54, 1.807) is 11.8 Å². The van der Waals surface area contributed by atoms with Crippen LogP contribution in [0.1, 0.15) is 38.8 Å². The molecule has 0 radical (unpaired) electrons. The monoisotopic (exact) mass is 261 g/mol. The van der Waals surface area contributed by atoms with Gasteiger partial charge in [-0.2, -0.15) is 0 Å². The molecule has 1 aromatic carbocycles. The van der Waals surface area contributed by atoms with Crippen molar-refractivity contribution in [2.75, 3.05) is 6.73 Å². The zero-order valence-corrected chi connectivity index (χ0v) is 11.6. The first kappa shape index (κ1) is 13.6. The number of carbonyl (C=O) groups is 2. The van der Waals surface area contributed by atoms with E-state index in [4.69, 9.17) is 4.74 Å². The molecule has 1 aliphatic rings. The maximum Gasteiger partial charge on any atom is 0.307 e. The molecule has 0 spiro atoms. The Morgan fingerprint density at radius 1 is 1.32 bits per heavy atom. The normalized spacial score (nSPS) is 20.9. The molecule has 0 aromatic heterocycles. The van der Waals surface area contributed by atoms with E-state index >= 15 is 0 Å². The van der Waals surface area contributed by atoms with Crippen LogP contribution in [0.2, 0.25) is 0 Å². The van der Waals surface area contributed by atoms with Crippen LogP contribution in [0.25, 0.3) is 0 Å². The van der Waals surface area contributed by atoms with Crippen LogP contribution in [0.5, 0.6) is 0 Å². The molecule has 1 saturated heterocycles. The Kier molecular flexibility index (Phi) is 3.60. The van der Waals surface area contributed by atoms with Gasteiger partial charge in [0.25, 0.3) is 0 Å². The van der Waals surface area contributed by atoms with Gasteiger partial charge >= 0.3 is 5.97 Å². The molecule has 1 unspecified atom stereocenters. The number of hydrogen-bond acceptors (Lipinski definition) is 3. The lowest BCUT2D eigenvalue weighted by Gasteiger charge is -2.52. The molecule has 0 bridgehead atoms. The Balaban J connectivity index is 2.14. The lowest BCUT2D eigenvalue weighted by Crippen LogP contribution is -2.61. The maximum absolute atomic E-state index is 12.1. The van der Waals surface area contributed by atoms with Crippen molar-refractivity contribution in [3.8, 4) is 0 Å². The van der Waals surface area contributed by atoms with E-state index in [0.29, 0.717) is 6.42 Å². The fourth-order valence-electron chi connectivity index (χ4n) is 2.54. The van der Waals surface area contributed by atoms with Gasteiger partial charge < -0.3 is 9.64 Å². The highest BCUT2D eigenvalue weighted by atomic mass is 16.5. The van der Waals surface area contributed by atoms with Crippen LogP contribution >= 0.6 is 0 Å². The van der Waals surface area contributed by atoms with Gasteiger partial charge in [0.05, 0.1) is 11.5 Å². The summed E-state index contributed by atoms with van der Waals surface area (Å²) in [4.78, 5) is 24.9. The molecule has 0 saturated carbocycles. The number of nitrogens with zero attached hydrogens (tertiary/aromatic N) is 1. The van der Waals surface area contributed by atoms with Crippen molar-refractivity contribution in [1.82, 2.24) is 4.90 Å². The Bertz CT molecular complexity index is 481. The third-order valence-corrected chi connectivity index (χ3v) is 3.58. The summed E-state index contributed by atoms with van der Waals surface area (Å²) in [5.41, 5.74) is 0.625. The van der Waals surface area contributed by atoms with E-state index < -0.39 is 5.41 Å². The summed E-state index contributed by atoms with van der Waals surface area (Å²) in [5, 5.41) is 0. The SMILES string of the molecule is CCC(=O)OCN1C(=O)C(C)(C)C1c1ccccc1. The first-order valence-electron chi connectivity index (χ1n) is 6.50. The summed E-state index contributed by atoms with van der Waals surface area (Å²) in [6.45, 7) is 5.61. The van der Waals surface area contributed by atoms with Crippen LogP contribution < -0.4 is 0 Å². The Morgan fingerprint density at radius 3 is 2.53 bits per heavy atom. The van der Waals surface area contributed by atoms with Crippen molar-refractivity contribution in [2.45, 2.75) is 33.2 Å². The smallest absolute Gasteiger partial charge is 0.307 e. The van der Waals surface area contributed by atoms with Crippen molar-refractivity contribution in [3.63, 3.8) is 0 Å². The van der Waals surface area contributed by atoms with Gasteiger partial charge in [-0.3, -0.25) is 9.59 Å². The highest BCUT2D eigenvalue weighted by Gasteiger charge is 2.54. The molecule has 4 heteroatoms. The van der Waals surface area contributed by atoms with E-state index in [2.05, 4.69) is 0 Å². The molecular formula is C15H19NO3. The van der Waals surface area contributed by atoms with Gasteiger partial charge in [0.1, 0.15) is 0 Å². The third-order valence-electron chi connectivity index (χ3n) is 3.58. The summed E-state index contributed by atoms with van der Waals surface area (Å²) in [7, 11) is 0. The molecular weight excluding hydrogens is 242 g/mol. The van der Waals surface area contributed by atoms with Crippen LogP contribution in [0.4, 0.5) is 0 Å². The minimum Gasteiger partial charge on any atom is -0.444 e. The van der Waals surface area contributed by atoms with Crippen molar-refractivity contribution in [2.24, 2.45) is 5.41 Å². The molecule has 1 aliphatic heterocycles. The number of β-lactam (4-membered cyclic amide) rings is 1. The van der Waals surface area contributed by atoms with Crippen molar-refractivity contribution < 1.29 is 14.3 Å². The molecule has 1 amide bonds. The second kappa shape index (κ2) is 5.03.